The first kappa shape index (κ1) is 24.6. The van der Waals surface area contributed by atoms with Crippen LogP contribution in [-0.2, 0) is 10.3 Å². The van der Waals surface area contributed by atoms with Crippen molar-refractivity contribution in [3.05, 3.63) is 54.2 Å². The Kier molecular flexibility index (Phi) is 6.70. The molecule has 192 valence electrons. The Hall–Kier alpha value is -3.04. The van der Waals surface area contributed by atoms with Crippen molar-refractivity contribution in [3.8, 4) is 0 Å². The molecule has 36 heavy (non-hydrogen) atoms. The molecule has 3 amide bonds. The number of aliphatic hydroxyl groups is 1. The molecular formula is C27H36N6O3. The molecule has 2 heterocycles. The Bertz CT molecular complexity index is 1070. The molecule has 0 bridgehead atoms. The lowest BCUT2D eigenvalue weighted by Crippen LogP contribution is -2.59. The van der Waals surface area contributed by atoms with Gasteiger partial charge in [0.2, 0.25) is 5.91 Å². The van der Waals surface area contributed by atoms with Gasteiger partial charge in [0.15, 0.2) is 5.82 Å². The SMILES string of the molecule is CN[C@]1(c2ccccc2)CC[C@@]2(CC1)CN(CCC(=O)Nc1cccnn1)C(=O)N2CC1(O)CCC1. The highest BCUT2D eigenvalue weighted by Gasteiger charge is 2.55. The van der Waals surface area contributed by atoms with Crippen molar-refractivity contribution in [1.29, 1.82) is 0 Å². The van der Waals surface area contributed by atoms with Crippen molar-refractivity contribution in [1.82, 2.24) is 25.3 Å². The first-order valence-electron chi connectivity index (χ1n) is 13.0. The number of carbonyl (C=O) groups is 2. The second-order valence-electron chi connectivity index (χ2n) is 10.7. The Labute approximate surface area is 212 Å². The molecule has 3 N–H and O–H groups in total. The van der Waals surface area contributed by atoms with E-state index in [1.54, 1.807) is 23.2 Å². The van der Waals surface area contributed by atoms with Crippen LogP contribution >= 0.6 is 0 Å². The minimum atomic E-state index is -0.793. The van der Waals surface area contributed by atoms with Crippen LogP contribution in [0, 0.1) is 0 Å². The lowest BCUT2D eigenvalue weighted by Gasteiger charge is -2.50. The number of hydrogen-bond acceptors (Lipinski definition) is 6. The number of β-amino-alcohol motifs (C(OH)–C–C–N with tert-alkyl or cyclic N) is 1. The molecule has 0 unspecified atom stereocenters. The van der Waals surface area contributed by atoms with Gasteiger partial charge in [0, 0.05) is 31.2 Å². The largest absolute Gasteiger partial charge is 0.388 e. The second kappa shape index (κ2) is 9.78. The van der Waals surface area contributed by atoms with E-state index in [0.717, 1.165) is 44.9 Å². The number of urea groups is 1. The fourth-order valence-electron chi connectivity index (χ4n) is 6.15. The molecular weight excluding hydrogens is 456 g/mol. The van der Waals surface area contributed by atoms with Crippen molar-refractivity contribution in [3.63, 3.8) is 0 Å². The van der Waals surface area contributed by atoms with Crippen molar-refractivity contribution < 1.29 is 14.7 Å². The number of carbonyl (C=O) groups excluding carboxylic acids is 2. The number of hydrogen-bond donors (Lipinski definition) is 3. The minimum absolute atomic E-state index is 0.0701. The molecule has 2 aliphatic carbocycles. The van der Waals surface area contributed by atoms with Crippen LogP contribution in [0.4, 0.5) is 10.6 Å². The van der Waals surface area contributed by atoms with Gasteiger partial charge in [-0.1, -0.05) is 30.3 Å². The number of amides is 3. The maximum absolute atomic E-state index is 13.6. The first-order valence-corrected chi connectivity index (χ1v) is 13.0. The number of nitrogens with one attached hydrogen (secondary N) is 2. The predicted octanol–water partition coefficient (Wildman–Crippen LogP) is 2.89. The van der Waals surface area contributed by atoms with E-state index in [1.807, 2.05) is 18.0 Å². The third kappa shape index (κ3) is 4.69. The molecule has 1 aliphatic heterocycles. The molecule has 3 aliphatic rings. The molecule has 1 saturated heterocycles. The van der Waals surface area contributed by atoms with Crippen LogP contribution in [0.3, 0.4) is 0 Å². The minimum Gasteiger partial charge on any atom is -0.388 e. The summed E-state index contributed by atoms with van der Waals surface area (Å²) in [6, 6.07) is 13.9. The maximum Gasteiger partial charge on any atom is 0.320 e. The zero-order valence-corrected chi connectivity index (χ0v) is 20.9. The normalized spacial score (nSPS) is 27.2. The lowest BCUT2D eigenvalue weighted by molar-refractivity contribution is -0.116. The van der Waals surface area contributed by atoms with Gasteiger partial charge >= 0.3 is 6.03 Å². The smallest absolute Gasteiger partial charge is 0.320 e. The molecule has 1 spiro atoms. The van der Waals surface area contributed by atoms with E-state index < -0.39 is 5.60 Å². The van der Waals surface area contributed by atoms with E-state index in [1.165, 1.54) is 5.56 Å². The van der Waals surface area contributed by atoms with Crippen molar-refractivity contribution in [2.75, 3.05) is 32.0 Å². The standard InChI is InChI=1S/C27H36N6O3/c1-28-27(21-7-3-2-4-8-21)15-13-25(14-16-27)19-32(24(35)33(25)20-26(36)11-6-12-26)18-10-23(34)30-22-9-5-17-29-31-22/h2-5,7-9,17,28,36H,6,10-16,18-20H2,1H3,(H,30,31,34)/t25-,27-. The third-order valence-electron chi connectivity index (χ3n) is 8.58. The molecule has 9 heteroatoms. The Balaban J connectivity index is 1.30. The summed E-state index contributed by atoms with van der Waals surface area (Å²) in [6.07, 6.45) is 7.67. The summed E-state index contributed by atoms with van der Waals surface area (Å²) in [5, 5.41) is 25.0. The highest BCUT2D eigenvalue weighted by molar-refractivity contribution is 5.90. The summed E-state index contributed by atoms with van der Waals surface area (Å²) in [4.78, 5) is 29.9. The quantitative estimate of drug-likeness (QED) is 0.523. The van der Waals surface area contributed by atoms with Gasteiger partial charge in [-0.3, -0.25) is 4.79 Å². The summed E-state index contributed by atoms with van der Waals surface area (Å²) in [7, 11) is 2.02. The van der Waals surface area contributed by atoms with Crippen molar-refractivity contribution in [2.24, 2.45) is 0 Å². The molecule has 2 aromatic rings. The monoisotopic (exact) mass is 492 g/mol. The van der Waals surface area contributed by atoms with Crippen LogP contribution in [0.15, 0.2) is 48.7 Å². The van der Waals surface area contributed by atoms with E-state index in [9.17, 15) is 14.7 Å². The van der Waals surface area contributed by atoms with Gasteiger partial charge in [-0.15, -0.1) is 5.10 Å². The molecule has 1 aromatic heterocycles. The molecule has 5 rings (SSSR count). The van der Waals surface area contributed by atoms with Crippen LogP contribution in [0.25, 0.3) is 0 Å². The van der Waals surface area contributed by atoms with Gasteiger partial charge in [-0.25, -0.2) is 4.79 Å². The highest BCUT2D eigenvalue weighted by atomic mass is 16.3. The number of aromatic nitrogens is 2. The molecule has 0 radical (unpaired) electrons. The Morgan fingerprint density at radius 2 is 1.81 bits per heavy atom. The van der Waals surface area contributed by atoms with Gasteiger partial charge < -0.3 is 25.5 Å². The molecule has 1 aromatic carbocycles. The van der Waals surface area contributed by atoms with E-state index in [-0.39, 0.29) is 29.4 Å². The van der Waals surface area contributed by atoms with E-state index >= 15 is 0 Å². The van der Waals surface area contributed by atoms with E-state index in [2.05, 4.69) is 45.1 Å². The lowest BCUT2D eigenvalue weighted by atomic mass is 9.68. The average molecular weight is 493 g/mol. The second-order valence-corrected chi connectivity index (χ2v) is 10.7. The maximum atomic E-state index is 13.6. The molecule has 9 nitrogen and oxygen atoms in total. The van der Waals surface area contributed by atoms with Gasteiger partial charge in [-0.2, -0.15) is 5.10 Å². The van der Waals surface area contributed by atoms with Crippen LogP contribution in [0.1, 0.15) is 56.9 Å². The predicted molar refractivity (Wildman–Crippen MR) is 136 cm³/mol. The van der Waals surface area contributed by atoms with Crippen LogP contribution in [-0.4, -0.2) is 74.9 Å². The van der Waals surface area contributed by atoms with Crippen LogP contribution in [0.5, 0.6) is 0 Å². The fourth-order valence-corrected chi connectivity index (χ4v) is 6.15. The van der Waals surface area contributed by atoms with Crippen LogP contribution in [0.2, 0.25) is 0 Å². The summed E-state index contributed by atoms with van der Waals surface area (Å²) in [5.41, 5.74) is 0.0182. The number of nitrogens with zero attached hydrogens (tertiary/aromatic N) is 4. The fraction of sp³-hybridized carbons (Fsp3) is 0.556. The van der Waals surface area contributed by atoms with Gasteiger partial charge in [0.05, 0.1) is 17.7 Å². The van der Waals surface area contributed by atoms with E-state index in [4.69, 9.17) is 0 Å². The highest BCUT2D eigenvalue weighted by Crippen LogP contribution is 2.48. The van der Waals surface area contributed by atoms with E-state index in [0.29, 0.717) is 25.5 Å². The zero-order chi connectivity index (χ0) is 25.2. The molecule has 0 atom stereocenters. The van der Waals surface area contributed by atoms with Crippen LogP contribution < -0.4 is 10.6 Å². The topological polar surface area (TPSA) is 111 Å². The van der Waals surface area contributed by atoms with Gasteiger partial charge in [-0.05, 0) is 69.7 Å². The van der Waals surface area contributed by atoms with Gasteiger partial charge in [0.25, 0.3) is 0 Å². The molecule has 2 saturated carbocycles. The zero-order valence-electron chi connectivity index (χ0n) is 20.9. The summed E-state index contributed by atoms with van der Waals surface area (Å²) < 4.78 is 0. The number of anilines is 1. The van der Waals surface area contributed by atoms with Gasteiger partial charge in [0.1, 0.15) is 0 Å². The third-order valence-corrected chi connectivity index (χ3v) is 8.58. The first-order chi connectivity index (χ1) is 17.4. The summed E-state index contributed by atoms with van der Waals surface area (Å²) in [5.74, 6) is 0.201. The number of rotatable bonds is 8. The molecule has 3 fully saturated rings. The van der Waals surface area contributed by atoms with Crippen molar-refractivity contribution in [2.45, 2.75) is 68.0 Å². The summed E-state index contributed by atoms with van der Waals surface area (Å²) >= 11 is 0. The summed E-state index contributed by atoms with van der Waals surface area (Å²) in [6.45, 7) is 1.28. The Morgan fingerprint density at radius 1 is 1.06 bits per heavy atom. The van der Waals surface area contributed by atoms with Crippen molar-refractivity contribution >= 4 is 17.8 Å². The number of benzene rings is 1. The average Bonchev–Trinajstić information content (AvgIpc) is 3.14. The Morgan fingerprint density at radius 3 is 2.42 bits per heavy atom.